The zero-order valence-corrected chi connectivity index (χ0v) is 15.3. The molecule has 1 N–H and O–H groups in total. The van der Waals surface area contributed by atoms with Crippen LogP contribution in [0.4, 0.5) is 0 Å². The minimum absolute atomic E-state index is 0.343. The monoisotopic (exact) mass is 314 g/mol. The SMILES string of the molecule is CCCCCCCCCCCCCOCCCCCCCO. The van der Waals surface area contributed by atoms with Gasteiger partial charge in [-0.1, -0.05) is 90.4 Å². The number of hydrogen-bond acceptors (Lipinski definition) is 2. The zero-order chi connectivity index (χ0) is 16.1. The van der Waals surface area contributed by atoms with E-state index in [1.54, 1.807) is 0 Å². The van der Waals surface area contributed by atoms with E-state index >= 15 is 0 Å². The van der Waals surface area contributed by atoms with E-state index in [2.05, 4.69) is 6.92 Å². The standard InChI is InChI=1S/C20H42O2/c1-2-3-4-5-6-7-8-9-10-13-16-19-22-20-17-14-11-12-15-18-21/h21H,2-20H2,1H3. The summed E-state index contributed by atoms with van der Waals surface area (Å²) in [5.41, 5.74) is 0. The van der Waals surface area contributed by atoms with E-state index in [0.29, 0.717) is 6.61 Å². The largest absolute Gasteiger partial charge is 0.396 e. The Labute approximate surface area is 140 Å². The Morgan fingerprint density at radius 3 is 1.27 bits per heavy atom. The quantitative estimate of drug-likeness (QED) is 0.285. The van der Waals surface area contributed by atoms with Crippen LogP contribution in [-0.2, 0) is 4.74 Å². The summed E-state index contributed by atoms with van der Waals surface area (Å²) >= 11 is 0. The molecule has 2 nitrogen and oxygen atoms in total. The van der Waals surface area contributed by atoms with Crippen molar-refractivity contribution in [1.29, 1.82) is 0 Å². The molecule has 0 aromatic rings. The van der Waals surface area contributed by atoms with Crippen LogP contribution < -0.4 is 0 Å². The molecule has 0 amide bonds. The van der Waals surface area contributed by atoms with Gasteiger partial charge in [0.05, 0.1) is 0 Å². The van der Waals surface area contributed by atoms with Crippen LogP contribution in [0.15, 0.2) is 0 Å². The highest BCUT2D eigenvalue weighted by Gasteiger charge is 1.94. The van der Waals surface area contributed by atoms with Gasteiger partial charge in [0.25, 0.3) is 0 Å². The molecule has 0 rings (SSSR count). The van der Waals surface area contributed by atoms with Gasteiger partial charge in [0.2, 0.25) is 0 Å². The highest BCUT2D eigenvalue weighted by molar-refractivity contribution is 4.48. The third-order valence-electron chi connectivity index (χ3n) is 4.34. The Kier molecular flexibility index (Phi) is 20.8. The minimum Gasteiger partial charge on any atom is -0.396 e. The normalized spacial score (nSPS) is 11.2. The molecule has 0 fully saturated rings. The van der Waals surface area contributed by atoms with Crippen molar-refractivity contribution in [1.82, 2.24) is 0 Å². The lowest BCUT2D eigenvalue weighted by atomic mass is 10.1. The van der Waals surface area contributed by atoms with Crippen molar-refractivity contribution < 1.29 is 9.84 Å². The number of hydrogen-bond donors (Lipinski definition) is 1. The number of aliphatic hydroxyl groups excluding tert-OH is 1. The molecule has 2 heteroatoms. The third-order valence-corrected chi connectivity index (χ3v) is 4.34. The number of ether oxygens (including phenoxy) is 1. The molecule has 0 saturated heterocycles. The lowest BCUT2D eigenvalue weighted by Gasteiger charge is -2.05. The molecule has 0 saturated carbocycles. The zero-order valence-electron chi connectivity index (χ0n) is 15.3. The van der Waals surface area contributed by atoms with Crippen LogP contribution in [0.3, 0.4) is 0 Å². The molecular weight excluding hydrogens is 272 g/mol. The van der Waals surface area contributed by atoms with Crippen molar-refractivity contribution >= 4 is 0 Å². The van der Waals surface area contributed by atoms with Gasteiger partial charge in [-0.15, -0.1) is 0 Å². The third kappa shape index (κ3) is 19.9. The molecule has 0 bridgehead atoms. The second-order valence-electron chi connectivity index (χ2n) is 6.64. The van der Waals surface area contributed by atoms with Gasteiger partial charge in [-0.05, 0) is 19.3 Å². The molecule has 0 aromatic heterocycles. The Morgan fingerprint density at radius 1 is 0.500 bits per heavy atom. The first-order chi connectivity index (χ1) is 10.9. The summed E-state index contributed by atoms with van der Waals surface area (Å²) in [6.45, 7) is 4.50. The first-order valence-electron chi connectivity index (χ1n) is 10.1. The first kappa shape index (κ1) is 21.9. The van der Waals surface area contributed by atoms with Gasteiger partial charge >= 0.3 is 0 Å². The Morgan fingerprint density at radius 2 is 0.864 bits per heavy atom. The van der Waals surface area contributed by atoms with Gasteiger partial charge in [-0.25, -0.2) is 0 Å². The molecule has 0 unspecified atom stereocenters. The van der Waals surface area contributed by atoms with E-state index in [-0.39, 0.29) is 0 Å². The first-order valence-corrected chi connectivity index (χ1v) is 10.1. The van der Waals surface area contributed by atoms with Crippen LogP contribution in [0.5, 0.6) is 0 Å². The van der Waals surface area contributed by atoms with Gasteiger partial charge in [-0.3, -0.25) is 0 Å². The predicted octanol–water partition coefficient (Wildman–Crippen LogP) is 6.26. The van der Waals surface area contributed by atoms with E-state index in [4.69, 9.17) is 9.84 Å². The van der Waals surface area contributed by atoms with E-state index in [1.807, 2.05) is 0 Å². The smallest absolute Gasteiger partial charge is 0.0466 e. The van der Waals surface area contributed by atoms with Gasteiger partial charge in [0.15, 0.2) is 0 Å². The van der Waals surface area contributed by atoms with E-state index in [9.17, 15) is 0 Å². The van der Waals surface area contributed by atoms with Crippen molar-refractivity contribution in [3.63, 3.8) is 0 Å². The molecule has 0 spiro atoms. The second kappa shape index (κ2) is 20.9. The highest BCUT2D eigenvalue weighted by atomic mass is 16.5. The summed E-state index contributed by atoms with van der Waals surface area (Å²) in [6.07, 6.45) is 21.1. The maximum Gasteiger partial charge on any atom is 0.0466 e. The van der Waals surface area contributed by atoms with Crippen LogP contribution in [0.1, 0.15) is 110 Å². The fourth-order valence-corrected chi connectivity index (χ4v) is 2.82. The average Bonchev–Trinajstić information content (AvgIpc) is 2.54. The van der Waals surface area contributed by atoms with Gasteiger partial charge < -0.3 is 9.84 Å². The van der Waals surface area contributed by atoms with E-state index in [0.717, 1.165) is 26.1 Å². The van der Waals surface area contributed by atoms with Gasteiger partial charge in [0.1, 0.15) is 0 Å². The molecule has 134 valence electrons. The van der Waals surface area contributed by atoms with Crippen LogP contribution in [-0.4, -0.2) is 24.9 Å². The van der Waals surface area contributed by atoms with Gasteiger partial charge in [-0.2, -0.15) is 0 Å². The Bertz CT molecular complexity index is 163. The average molecular weight is 315 g/mol. The summed E-state index contributed by atoms with van der Waals surface area (Å²) in [5, 5.41) is 8.68. The van der Waals surface area contributed by atoms with E-state index < -0.39 is 0 Å². The van der Waals surface area contributed by atoms with Crippen LogP contribution in [0.2, 0.25) is 0 Å². The maximum atomic E-state index is 8.68. The summed E-state index contributed by atoms with van der Waals surface area (Å²) < 4.78 is 5.67. The van der Waals surface area contributed by atoms with Gasteiger partial charge in [0, 0.05) is 19.8 Å². The van der Waals surface area contributed by atoms with Crippen molar-refractivity contribution in [3.8, 4) is 0 Å². The second-order valence-corrected chi connectivity index (χ2v) is 6.64. The summed E-state index contributed by atoms with van der Waals surface area (Å²) in [5.74, 6) is 0. The Hall–Kier alpha value is -0.0800. The molecule has 0 aliphatic rings. The van der Waals surface area contributed by atoms with Crippen molar-refractivity contribution in [3.05, 3.63) is 0 Å². The molecule has 0 aliphatic heterocycles. The van der Waals surface area contributed by atoms with Crippen molar-refractivity contribution in [2.45, 2.75) is 110 Å². The fraction of sp³-hybridized carbons (Fsp3) is 1.00. The lowest BCUT2D eigenvalue weighted by molar-refractivity contribution is 0.125. The Balaban J connectivity index is 2.91. The summed E-state index contributed by atoms with van der Waals surface area (Å²) in [7, 11) is 0. The molecule has 22 heavy (non-hydrogen) atoms. The summed E-state index contributed by atoms with van der Waals surface area (Å²) in [4.78, 5) is 0. The fourth-order valence-electron chi connectivity index (χ4n) is 2.82. The van der Waals surface area contributed by atoms with Crippen LogP contribution >= 0.6 is 0 Å². The topological polar surface area (TPSA) is 29.5 Å². The van der Waals surface area contributed by atoms with Crippen LogP contribution in [0, 0.1) is 0 Å². The molecular formula is C20H42O2. The van der Waals surface area contributed by atoms with Crippen molar-refractivity contribution in [2.75, 3.05) is 19.8 Å². The molecule has 0 heterocycles. The molecule has 0 atom stereocenters. The molecule has 0 aromatic carbocycles. The number of aliphatic hydroxyl groups is 1. The summed E-state index contributed by atoms with van der Waals surface area (Å²) in [6, 6.07) is 0. The van der Waals surface area contributed by atoms with Crippen LogP contribution in [0.25, 0.3) is 0 Å². The molecule has 0 radical (unpaired) electrons. The van der Waals surface area contributed by atoms with E-state index in [1.165, 1.54) is 89.9 Å². The predicted molar refractivity (Wildman–Crippen MR) is 97.5 cm³/mol. The highest BCUT2D eigenvalue weighted by Crippen LogP contribution is 2.11. The molecule has 0 aliphatic carbocycles. The maximum absolute atomic E-state index is 8.68. The number of unbranched alkanes of at least 4 members (excludes halogenated alkanes) is 14. The lowest BCUT2D eigenvalue weighted by Crippen LogP contribution is -1.97. The van der Waals surface area contributed by atoms with Crippen molar-refractivity contribution in [2.24, 2.45) is 0 Å². The minimum atomic E-state index is 0.343. The number of rotatable bonds is 19.